The molecule has 1 N–H and O–H groups in total. The second-order valence-electron chi connectivity index (χ2n) is 6.07. The maximum Gasteiger partial charge on any atom is 0.119 e. The van der Waals surface area contributed by atoms with Crippen molar-refractivity contribution in [3.05, 3.63) is 30.3 Å². The molecule has 0 aliphatic heterocycles. The van der Waals surface area contributed by atoms with Gasteiger partial charge in [-0.2, -0.15) is 0 Å². The van der Waals surface area contributed by atoms with Crippen LogP contribution in [0.5, 0.6) is 5.75 Å². The van der Waals surface area contributed by atoms with Gasteiger partial charge in [-0.1, -0.05) is 37.5 Å². The summed E-state index contributed by atoms with van der Waals surface area (Å²) in [5, 5.41) is 10.1. The molecule has 2 atom stereocenters. The van der Waals surface area contributed by atoms with E-state index in [2.05, 4.69) is 0 Å². The first kappa shape index (κ1) is 13.9. The molecule has 2 unspecified atom stereocenters. The Morgan fingerprint density at radius 3 is 2.50 bits per heavy atom. The van der Waals surface area contributed by atoms with Gasteiger partial charge in [-0.15, -0.1) is 0 Å². The van der Waals surface area contributed by atoms with Crippen LogP contribution in [0.4, 0.5) is 0 Å². The highest BCUT2D eigenvalue weighted by atomic mass is 16.5. The molecule has 3 nitrogen and oxygen atoms in total. The number of hydrogen-bond donors (Lipinski definition) is 1. The molecule has 1 aromatic carbocycles. The summed E-state index contributed by atoms with van der Waals surface area (Å²) in [6.07, 6.45) is 6.90. The molecule has 0 heterocycles. The van der Waals surface area contributed by atoms with Crippen LogP contribution in [0.3, 0.4) is 0 Å². The lowest BCUT2D eigenvalue weighted by Gasteiger charge is -2.55. The molecule has 3 rings (SSSR count). The van der Waals surface area contributed by atoms with E-state index >= 15 is 0 Å². The fraction of sp³-hybridized carbons (Fsp3) is 0.647. The molecule has 0 radical (unpaired) electrons. The predicted molar refractivity (Wildman–Crippen MR) is 77.8 cm³/mol. The lowest BCUT2D eigenvalue weighted by molar-refractivity contribution is -0.207. The van der Waals surface area contributed by atoms with Crippen molar-refractivity contribution in [3.8, 4) is 5.75 Å². The smallest absolute Gasteiger partial charge is 0.119 e. The minimum absolute atomic E-state index is 0.0605. The van der Waals surface area contributed by atoms with Gasteiger partial charge in [0.1, 0.15) is 12.4 Å². The van der Waals surface area contributed by atoms with E-state index in [9.17, 15) is 5.11 Å². The lowest BCUT2D eigenvalue weighted by atomic mass is 9.56. The van der Waals surface area contributed by atoms with Crippen molar-refractivity contribution in [2.75, 3.05) is 13.2 Å². The third-order valence-electron chi connectivity index (χ3n) is 4.94. The number of aliphatic hydroxyl groups is 1. The van der Waals surface area contributed by atoms with E-state index < -0.39 is 0 Å². The Morgan fingerprint density at radius 1 is 1.05 bits per heavy atom. The molecule has 2 saturated carbocycles. The van der Waals surface area contributed by atoms with Crippen LogP contribution < -0.4 is 4.74 Å². The first-order chi connectivity index (χ1) is 9.81. The minimum Gasteiger partial charge on any atom is -0.491 e. The standard InChI is InChI=1S/C17H24O3/c18-15-13-16(17(15)9-5-2-6-10-17)20-12-11-19-14-7-3-1-4-8-14/h1,3-4,7-8,15-16,18H,2,5-6,9-13H2. The maximum absolute atomic E-state index is 10.1. The predicted octanol–water partition coefficient (Wildman–Crippen LogP) is 3.17. The van der Waals surface area contributed by atoms with Gasteiger partial charge in [-0.25, -0.2) is 0 Å². The third-order valence-corrected chi connectivity index (χ3v) is 4.94. The summed E-state index contributed by atoms with van der Waals surface area (Å²) in [6.45, 7) is 1.18. The van der Waals surface area contributed by atoms with Crippen LogP contribution in [0.25, 0.3) is 0 Å². The van der Waals surface area contributed by atoms with Gasteiger partial charge < -0.3 is 14.6 Å². The van der Waals surface area contributed by atoms with Gasteiger partial charge in [0.25, 0.3) is 0 Å². The molecule has 0 amide bonds. The second kappa shape index (κ2) is 6.15. The Morgan fingerprint density at radius 2 is 1.80 bits per heavy atom. The van der Waals surface area contributed by atoms with Gasteiger partial charge in [-0.05, 0) is 25.0 Å². The Hall–Kier alpha value is -1.06. The Balaban J connectivity index is 1.42. The van der Waals surface area contributed by atoms with Gasteiger partial charge in [0, 0.05) is 11.8 Å². The molecule has 1 aromatic rings. The zero-order valence-electron chi connectivity index (χ0n) is 12.0. The van der Waals surface area contributed by atoms with Crippen molar-refractivity contribution in [3.63, 3.8) is 0 Å². The van der Waals surface area contributed by atoms with Crippen molar-refractivity contribution < 1.29 is 14.6 Å². The topological polar surface area (TPSA) is 38.7 Å². The number of hydrogen-bond acceptors (Lipinski definition) is 3. The van der Waals surface area contributed by atoms with Gasteiger partial charge in [-0.3, -0.25) is 0 Å². The summed E-state index contributed by atoms with van der Waals surface area (Å²) in [4.78, 5) is 0. The van der Waals surface area contributed by atoms with E-state index in [0.717, 1.165) is 25.0 Å². The first-order valence-electron chi connectivity index (χ1n) is 7.79. The van der Waals surface area contributed by atoms with E-state index in [0.29, 0.717) is 13.2 Å². The molecule has 110 valence electrons. The van der Waals surface area contributed by atoms with E-state index in [1.807, 2.05) is 30.3 Å². The minimum atomic E-state index is -0.150. The summed E-state index contributed by atoms with van der Waals surface area (Å²) in [6, 6.07) is 9.82. The van der Waals surface area contributed by atoms with Crippen molar-refractivity contribution in [1.29, 1.82) is 0 Å². The third kappa shape index (κ3) is 2.70. The average molecular weight is 276 g/mol. The van der Waals surface area contributed by atoms with Crippen LogP contribution in [0.15, 0.2) is 30.3 Å². The molecule has 2 aliphatic carbocycles. The molecule has 1 spiro atoms. The van der Waals surface area contributed by atoms with Gasteiger partial charge in [0.05, 0.1) is 18.8 Å². The number of ether oxygens (including phenoxy) is 2. The molecule has 2 aliphatic rings. The number of rotatable bonds is 5. The average Bonchev–Trinajstić information content (AvgIpc) is 2.52. The summed E-state index contributed by atoms with van der Waals surface area (Å²) >= 11 is 0. The van der Waals surface area contributed by atoms with Gasteiger partial charge in [0.15, 0.2) is 0 Å². The van der Waals surface area contributed by atoms with Gasteiger partial charge >= 0.3 is 0 Å². The largest absolute Gasteiger partial charge is 0.491 e. The van der Waals surface area contributed by atoms with Crippen LogP contribution in [0, 0.1) is 5.41 Å². The lowest BCUT2D eigenvalue weighted by Crippen LogP contribution is -2.59. The molecule has 0 aromatic heterocycles. The highest BCUT2D eigenvalue weighted by molar-refractivity contribution is 5.20. The quantitative estimate of drug-likeness (QED) is 0.840. The van der Waals surface area contributed by atoms with Crippen LogP contribution in [-0.4, -0.2) is 30.5 Å². The Bertz CT molecular complexity index is 412. The highest BCUT2D eigenvalue weighted by Gasteiger charge is 2.55. The zero-order chi connectivity index (χ0) is 13.8. The van der Waals surface area contributed by atoms with Crippen LogP contribution in [0.1, 0.15) is 38.5 Å². The summed E-state index contributed by atoms with van der Waals surface area (Å²) in [5.74, 6) is 0.886. The monoisotopic (exact) mass is 276 g/mol. The van der Waals surface area contributed by atoms with Crippen molar-refractivity contribution >= 4 is 0 Å². The number of para-hydroxylation sites is 1. The molecule has 20 heavy (non-hydrogen) atoms. The van der Waals surface area contributed by atoms with Crippen LogP contribution in [-0.2, 0) is 4.74 Å². The molecular formula is C17H24O3. The number of aliphatic hydroxyl groups excluding tert-OH is 1. The maximum atomic E-state index is 10.1. The Kier molecular flexibility index (Phi) is 4.27. The van der Waals surface area contributed by atoms with Crippen molar-refractivity contribution in [2.24, 2.45) is 5.41 Å². The van der Waals surface area contributed by atoms with Crippen LogP contribution in [0.2, 0.25) is 0 Å². The van der Waals surface area contributed by atoms with Crippen LogP contribution >= 0.6 is 0 Å². The van der Waals surface area contributed by atoms with Gasteiger partial charge in [0.2, 0.25) is 0 Å². The summed E-state index contributed by atoms with van der Waals surface area (Å²) < 4.78 is 11.6. The highest BCUT2D eigenvalue weighted by Crippen LogP contribution is 2.53. The van der Waals surface area contributed by atoms with Crippen molar-refractivity contribution in [1.82, 2.24) is 0 Å². The SMILES string of the molecule is OC1CC(OCCOc2ccccc2)C12CCCCC2. The second-order valence-corrected chi connectivity index (χ2v) is 6.07. The molecule has 0 bridgehead atoms. The summed E-state index contributed by atoms with van der Waals surface area (Å²) in [7, 11) is 0. The van der Waals surface area contributed by atoms with E-state index in [-0.39, 0.29) is 17.6 Å². The molecule has 2 fully saturated rings. The van der Waals surface area contributed by atoms with E-state index in [4.69, 9.17) is 9.47 Å². The van der Waals surface area contributed by atoms with Crippen molar-refractivity contribution in [2.45, 2.75) is 50.7 Å². The molecule has 0 saturated heterocycles. The fourth-order valence-electron chi connectivity index (χ4n) is 3.69. The number of benzene rings is 1. The first-order valence-corrected chi connectivity index (χ1v) is 7.79. The van der Waals surface area contributed by atoms with E-state index in [1.165, 1.54) is 19.3 Å². The Labute approximate surface area is 120 Å². The van der Waals surface area contributed by atoms with E-state index in [1.54, 1.807) is 0 Å². The molecular weight excluding hydrogens is 252 g/mol. The fourth-order valence-corrected chi connectivity index (χ4v) is 3.69. The zero-order valence-corrected chi connectivity index (χ0v) is 12.0. The summed E-state index contributed by atoms with van der Waals surface area (Å²) in [5.41, 5.74) is 0.0605. The normalized spacial score (nSPS) is 28.1. The molecule has 3 heteroatoms.